The molecule has 0 rings (SSSR count). The molecule has 82 heavy (non-hydrogen) atoms. The van der Waals surface area contributed by atoms with E-state index in [1.807, 2.05) is 0 Å². The summed E-state index contributed by atoms with van der Waals surface area (Å²) in [5.74, 6) is -0.930. The Morgan fingerprint density at radius 1 is 0.256 bits per heavy atom. The highest BCUT2D eigenvalue weighted by atomic mass is 16.6. The lowest BCUT2D eigenvalue weighted by Crippen LogP contribution is -2.30. The standard InChI is InChI=1S/C76H126O6/c1-4-7-10-13-16-18-20-22-24-26-28-30-32-34-36-37-38-39-41-42-44-46-48-50-52-54-56-58-60-63-66-69-75(78)81-72-73(71-80-74(77)68-65-62-15-12-9-6-3)82-76(79)70-67-64-61-59-57-55-53-51-49-47-45-43-40-35-33-31-29-27-25-23-21-19-17-14-11-8-5-2/h7,10,16,18,21-24,27-30,34,36,38-39,42,44,48,50,54,56,73H,4-6,8-9,11-15,17,19-20,25-26,31-33,35,37,40-41,43,45-47,49,51-53,55,57-72H2,1-3H3/b10-7-,18-16-,23-21-,24-22-,29-27-,30-28-,36-34-,39-38-,44-42-,50-48-,56-54-. The van der Waals surface area contributed by atoms with Crippen LogP contribution < -0.4 is 0 Å². The Labute approximate surface area is 506 Å². The molecule has 0 amide bonds. The molecule has 0 fully saturated rings. The molecule has 0 aliphatic heterocycles. The molecule has 0 saturated heterocycles. The molecule has 0 aromatic rings. The lowest BCUT2D eigenvalue weighted by molar-refractivity contribution is -0.167. The average molecular weight is 1140 g/mol. The smallest absolute Gasteiger partial charge is 0.306 e. The van der Waals surface area contributed by atoms with Crippen LogP contribution in [0.2, 0.25) is 0 Å². The summed E-state index contributed by atoms with van der Waals surface area (Å²) in [6.45, 7) is 6.44. The van der Waals surface area contributed by atoms with Gasteiger partial charge in [-0.25, -0.2) is 0 Å². The minimum absolute atomic E-state index is 0.0903. The molecule has 1 unspecified atom stereocenters. The van der Waals surface area contributed by atoms with Gasteiger partial charge < -0.3 is 14.2 Å². The van der Waals surface area contributed by atoms with Gasteiger partial charge in [-0.2, -0.15) is 0 Å². The van der Waals surface area contributed by atoms with Crippen molar-refractivity contribution in [2.45, 2.75) is 316 Å². The molecule has 0 aliphatic rings. The van der Waals surface area contributed by atoms with Gasteiger partial charge in [0.05, 0.1) is 0 Å². The minimum atomic E-state index is -0.793. The summed E-state index contributed by atoms with van der Waals surface area (Å²) in [5, 5.41) is 0. The number of carbonyl (C=O) groups is 3. The number of ether oxygens (including phenoxy) is 3. The van der Waals surface area contributed by atoms with E-state index in [2.05, 4.69) is 154 Å². The number of rotatable bonds is 61. The van der Waals surface area contributed by atoms with Crippen molar-refractivity contribution in [3.05, 3.63) is 134 Å². The maximum absolute atomic E-state index is 12.9. The van der Waals surface area contributed by atoms with Gasteiger partial charge in [0, 0.05) is 19.3 Å². The maximum Gasteiger partial charge on any atom is 0.306 e. The molecular weight excluding hydrogens is 1010 g/mol. The number of unbranched alkanes of at least 4 members (excludes halogenated alkanes) is 28. The van der Waals surface area contributed by atoms with Crippen molar-refractivity contribution in [2.24, 2.45) is 0 Å². The van der Waals surface area contributed by atoms with Gasteiger partial charge in [0.15, 0.2) is 6.10 Å². The predicted molar refractivity (Wildman–Crippen MR) is 357 cm³/mol. The van der Waals surface area contributed by atoms with Gasteiger partial charge in [-0.05, 0) is 122 Å². The zero-order valence-electron chi connectivity index (χ0n) is 53.5. The highest BCUT2D eigenvalue weighted by molar-refractivity contribution is 5.71. The first-order valence-electron chi connectivity index (χ1n) is 34.2. The Morgan fingerprint density at radius 3 is 0.756 bits per heavy atom. The second-order valence-electron chi connectivity index (χ2n) is 22.4. The van der Waals surface area contributed by atoms with E-state index >= 15 is 0 Å². The van der Waals surface area contributed by atoms with Gasteiger partial charge >= 0.3 is 17.9 Å². The first kappa shape index (κ1) is 77.5. The minimum Gasteiger partial charge on any atom is -0.462 e. The molecule has 466 valence electrons. The van der Waals surface area contributed by atoms with Crippen LogP contribution in [0.3, 0.4) is 0 Å². The van der Waals surface area contributed by atoms with Crippen molar-refractivity contribution >= 4 is 17.9 Å². The molecule has 0 aromatic heterocycles. The zero-order valence-corrected chi connectivity index (χ0v) is 53.5. The molecule has 6 nitrogen and oxygen atoms in total. The van der Waals surface area contributed by atoms with Crippen LogP contribution in [0.1, 0.15) is 310 Å². The van der Waals surface area contributed by atoms with Crippen LogP contribution in [0.4, 0.5) is 0 Å². The fourth-order valence-corrected chi connectivity index (χ4v) is 9.29. The topological polar surface area (TPSA) is 78.9 Å². The zero-order chi connectivity index (χ0) is 59.2. The van der Waals surface area contributed by atoms with Crippen LogP contribution in [-0.4, -0.2) is 37.2 Å². The second-order valence-corrected chi connectivity index (χ2v) is 22.4. The highest BCUT2D eigenvalue weighted by Gasteiger charge is 2.19. The van der Waals surface area contributed by atoms with Crippen LogP contribution >= 0.6 is 0 Å². The van der Waals surface area contributed by atoms with Crippen molar-refractivity contribution < 1.29 is 28.6 Å². The number of hydrogen-bond acceptors (Lipinski definition) is 6. The van der Waals surface area contributed by atoms with Crippen LogP contribution in [0.15, 0.2) is 134 Å². The first-order chi connectivity index (χ1) is 40.5. The number of esters is 3. The molecule has 0 radical (unpaired) electrons. The number of hydrogen-bond donors (Lipinski definition) is 0. The fourth-order valence-electron chi connectivity index (χ4n) is 9.29. The Balaban J connectivity index is 4.16. The van der Waals surface area contributed by atoms with Gasteiger partial charge in [-0.15, -0.1) is 0 Å². The summed E-state index contributed by atoms with van der Waals surface area (Å²) in [4.78, 5) is 38.1. The largest absolute Gasteiger partial charge is 0.462 e. The van der Waals surface area contributed by atoms with E-state index in [0.717, 1.165) is 128 Å². The molecule has 0 saturated carbocycles. The molecule has 0 aromatic carbocycles. The molecule has 0 N–H and O–H groups in total. The van der Waals surface area contributed by atoms with Gasteiger partial charge in [0.1, 0.15) is 13.2 Å². The summed E-state index contributed by atoms with van der Waals surface area (Å²) in [5.41, 5.74) is 0. The van der Waals surface area contributed by atoms with Crippen molar-refractivity contribution in [3.63, 3.8) is 0 Å². The molecule has 0 spiro atoms. The normalized spacial score (nSPS) is 13.0. The van der Waals surface area contributed by atoms with Gasteiger partial charge in [0.2, 0.25) is 0 Å². The molecule has 1 atom stereocenters. The average Bonchev–Trinajstić information content (AvgIpc) is 3.47. The van der Waals surface area contributed by atoms with E-state index < -0.39 is 6.10 Å². The summed E-state index contributed by atoms with van der Waals surface area (Å²) < 4.78 is 16.8. The van der Waals surface area contributed by atoms with Crippen molar-refractivity contribution in [1.82, 2.24) is 0 Å². The molecule has 0 heterocycles. The Bertz CT molecular complexity index is 1730. The third kappa shape index (κ3) is 66.4. The van der Waals surface area contributed by atoms with E-state index in [1.165, 1.54) is 141 Å². The summed E-state index contributed by atoms with van der Waals surface area (Å²) in [7, 11) is 0. The molecule has 6 heteroatoms. The van der Waals surface area contributed by atoms with E-state index in [9.17, 15) is 14.4 Å². The summed E-state index contributed by atoms with van der Waals surface area (Å²) in [6, 6.07) is 0. The highest BCUT2D eigenvalue weighted by Crippen LogP contribution is 2.16. The third-order valence-electron chi connectivity index (χ3n) is 14.4. The summed E-state index contributed by atoms with van der Waals surface area (Å²) in [6.07, 6.45) is 97.9. The van der Waals surface area contributed by atoms with Crippen molar-refractivity contribution in [3.8, 4) is 0 Å². The van der Waals surface area contributed by atoms with Gasteiger partial charge in [-0.1, -0.05) is 302 Å². The maximum atomic E-state index is 12.9. The third-order valence-corrected chi connectivity index (χ3v) is 14.4. The quantitative estimate of drug-likeness (QED) is 0.0261. The number of carbonyl (C=O) groups excluding carboxylic acids is 3. The number of allylic oxidation sites excluding steroid dienone is 22. The Morgan fingerprint density at radius 2 is 0.476 bits per heavy atom. The molecule has 0 aliphatic carbocycles. The van der Waals surface area contributed by atoms with Gasteiger partial charge in [0.25, 0.3) is 0 Å². The lowest BCUT2D eigenvalue weighted by Gasteiger charge is -2.18. The molecular formula is C76H126O6. The summed E-state index contributed by atoms with van der Waals surface area (Å²) >= 11 is 0. The van der Waals surface area contributed by atoms with Gasteiger partial charge in [-0.3, -0.25) is 14.4 Å². The lowest BCUT2D eigenvalue weighted by atomic mass is 10.0. The second kappa shape index (κ2) is 69.0. The van der Waals surface area contributed by atoms with Crippen LogP contribution in [-0.2, 0) is 28.6 Å². The Kier molecular flexibility index (Phi) is 65.3. The monoisotopic (exact) mass is 1130 g/mol. The van der Waals surface area contributed by atoms with E-state index in [-0.39, 0.29) is 31.1 Å². The van der Waals surface area contributed by atoms with Crippen molar-refractivity contribution in [2.75, 3.05) is 13.2 Å². The van der Waals surface area contributed by atoms with Crippen LogP contribution in [0.25, 0.3) is 0 Å². The van der Waals surface area contributed by atoms with Crippen molar-refractivity contribution in [1.29, 1.82) is 0 Å². The SMILES string of the molecule is CC/C=C\C/C=C\C/C=C\C/C=C\C/C=C\C/C=C\C/C=C\C/C=C\C/C=C\CCCCCC(=O)OCC(COC(=O)CCCCCCCC)OC(=O)CCCCCCCCCCCCCCCCC/C=C\C/C=C\CCCCCCC. The Hall–Kier alpha value is -4.45. The van der Waals surface area contributed by atoms with Crippen LogP contribution in [0, 0.1) is 0 Å². The molecule has 0 bridgehead atoms. The predicted octanol–water partition coefficient (Wildman–Crippen LogP) is 23.7. The van der Waals surface area contributed by atoms with Crippen LogP contribution in [0.5, 0.6) is 0 Å². The van der Waals surface area contributed by atoms with E-state index in [4.69, 9.17) is 14.2 Å². The fraction of sp³-hybridized carbons (Fsp3) is 0.671. The van der Waals surface area contributed by atoms with E-state index in [0.29, 0.717) is 19.3 Å². The first-order valence-corrected chi connectivity index (χ1v) is 34.2. The van der Waals surface area contributed by atoms with E-state index in [1.54, 1.807) is 0 Å².